The van der Waals surface area contributed by atoms with Crippen molar-refractivity contribution >= 4 is 5.95 Å². The molecule has 0 saturated carbocycles. The first-order valence-electron chi connectivity index (χ1n) is 7.40. The molecule has 1 atom stereocenters. The minimum Gasteiger partial charge on any atom is -0.396 e. The lowest BCUT2D eigenvalue weighted by Gasteiger charge is -2.31. The number of hydrogen-bond acceptors (Lipinski definition) is 5. The van der Waals surface area contributed by atoms with Gasteiger partial charge in [0.25, 0.3) is 0 Å². The highest BCUT2D eigenvalue weighted by Crippen LogP contribution is 2.19. The van der Waals surface area contributed by atoms with Crippen molar-refractivity contribution in [3.8, 4) is 0 Å². The van der Waals surface area contributed by atoms with Crippen LogP contribution in [-0.4, -0.2) is 40.3 Å². The van der Waals surface area contributed by atoms with Crippen LogP contribution in [0.1, 0.15) is 39.2 Å². The van der Waals surface area contributed by atoms with Crippen LogP contribution in [0, 0.1) is 5.92 Å². The number of hydrogen-bond donors (Lipinski definition) is 2. The van der Waals surface area contributed by atoms with Gasteiger partial charge in [0, 0.05) is 49.7 Å². The van der Waals surface area contributed by atoms with Crippen molar-refractivity contribution in [2.75, 3.05) is 24.6 Å². The molecule has 1 saturated heterocycles. The Bertz CT molecular complexity index is 413. The van der Waals surface area contributed by atoms with Gasteiger partial charge in [-0.25, -0.2) is 9.97 Å². The maximum absolute atomic E-state index is 9.27. The van der Waals surface area contributed by atoms with E-state index in [9.17, 15) is 5.11 Å². The third-order valence-electron chi connectivity index (χ3n) is 3.57. The minimum absolute atomic E-state index is 0.0971. The molecule has 1 aliphatic rings. The van der Waals surface area contributed by atoms with Crippen molar-refractivity contribution in [3.05, 3.63) is 18.0 Å². The summed E-state index contributed by atoms with van der Waals surface area (Å²) in [7, 11) is 0. The second-order valence-corrected chi connectivity index (χ2v) is 6.63. The van der Waals surface area contributed by atoms with Crippen molar-refractivity contribution in [2.45, 2.75) is 45.7 Å². The van der Waals surface area contributed by atoms with Crippen LogP contribution in [0.15, 0.2) is 12.4 Å². The Hall–Kier alpha value is -1.20. The third-order valence-corrected chi connectivity index (χ3v) is 3.57. The molecule has 5 heteroatoms. The number of nitrogens with one attached hydrogen (secondary N) is 1. The molecule has 2 rings (SSSR count). The van der Waals surface area contributed by atoms with E-state index in [1.165, 1.54) is 0 Å². The molecule has 1 aliphatic heterocycles. The van der Waals surface area contributed by atoms with Gasteiger partial charge in [0.15, 0.2) is 0 Å². The summed E-state index contributed by atoms with van der Waals surface area (Å²) in [5.41, 5.74) is 1.19. The first kappa shape index (κ1) is 15.2. The zero-order valence-corrected chi connectivity index (χ0v) is 12.8. The molecule has 1 fully saturated rings. The summed E-state index contributed by atoms with van der Waals surface area (Å²) in [5.74, 6) is 1.14. The number of aromatic nitrogens is 2. The lowest BCUT2D eigenvalue weighted by atomic mass is 9.99. The van der Waals surface area contributed by atoms with E-state index >= 15 is 0 Å². The van der Waals surface area contributed by atoms with E-state index in [4.69, 9.17) is 0 Å². The molecule has 112 valence electrons. The average Bonchev–Trinajstić information content (AvgIpc) is 2.45. The van der Waals surface area contributed by atoms with E-state index in [0.29, 0.717) is 5.92 Å². The van der Waals surface area contributed by atoms with Crippen LogP contribution >= 0.6 is 0 Å². The van der Waals surface area contributed by atoms with Crippen LogP contribution in [0.5, 0.6) is 0 Å². The SMILES string of the molecule is CC(C)(C)NCc1cnc(N2CCCC(CO)C2)nc1. The Morgan fingerprint density at radius 3 is 2.65 bits per heavy atom. The normalized spacial score (nSPS) is 20.2. The largest absolute Gasteiger partial charge is 0.396 e. The topological polar surface area (TPSA) is 61.3 Å². The second kappa shape index (κ2) is 6.50. The van der Waals surface area contributed by atoms with Gasteiger partial charge in [-0.3, -0.25) is 0 Å². The molecular weight excluding hydrogens is 252 g/mol. The smallest absolute Gasteiger partial charge is 0.225 e. The number of rotatable bonds is 4. The van der Waals surface area contributed by atoms with E-state index in [0.717, 1.165) is 44.0 Å². The molecule has 2 heterocycles. The average molecular weight is 278 g/mol. The van der Waals surface area contributed by atoms with Gasteiger partial charge in [0.2, 0.25) is 5.95 Å². The zero-order valence-electron chi connectivity index (χ0n) is 12.8. The van der Waals surface area contributed by atoms with Crippen molar-refractivity contribution < 1.29 is 5.11 Å². The van der Waals surface area contributed by atoms with Gasteiger partial charge < -0.3 is 15.3 Å². The molecule has 0 aliphatic carbocycles. The molecule has 1 aromatic rings. The van der Waals surface area contributed by atoms with Gasteiger partial charge in [-0.15, -0.1) is 0 Å². The fraction of sp³-hybridized carbons (Fsp3) is 0.733. The molecule has 0 aromatic carbocycles. The van der Waals surface area contributed by atoms with Crippen LogP contribution in [0.25, 0.3) is 0 Å². The molecule has 1 unspecified atom stereocenters. The van der Waals surface area contributed by atoms with E-state index in [1.54, 1.807) is 0 Å². The molecule has 5 nitrogen and oxygen atoms in total. The Morgan fingerprint density at radius 2 is 2.05 bits per heavy atom. The molecule has 1 aromatic heterocycles. The molecule has 0 amide bonds. The number of nitrogens with zero attached hydrogens (tertiary/aromatic N) is 3. The van der Waals surface area contributed by atoms with Crippen molar-refractivity contribution in [2.24, 2.45) is 5.92 Å². The summed E-state index contributed by atoms with van der Waals surface area (Å²) in [6.45, 7) is 9.31. The van der Waals surface area contributed by atoms with E-state index in [1.807, 2.05) is 12.4 Å². The van der Waals surface area contributed by atoms with Crippen LogP contribution < -0.4 is 10.2 Å². The fourth-order valence-electron chi connectivity index (χ4n) is 2.37. The highest BCUT2D eigenvalue weighted by molar-refractivity contribution is 5.30. The van der Waals surface area contributed by atoms with Gasteiger partial charge in [-0.05, 0) is 39.5 Å². The van der Waals surface area contributed by atoms with E-state index < -0.39 is 0 Å². The number of aliphatic hydroxyl groups is 1. The van der Waals surface area contributed by atoms with Crippen LogP contribution in [0.3, 0.4) is 0 Å². The summed E-state index contributed by atoms with van der Waals surface area (Å²) in [6.07, 6.45) is 5.98. The van der Waals surface area contributed by atoms with E-state index in [-0.39, 0.29) is 12.1 Å². The van der Waals surface area contributed by atoms with Crippen molar-refractivity contribution in [3.63, 3.8) is 0 Å². The third kappa shape index (κ3) is 4.42. The molecule has 0 bridgehead atoms. The molecule has 0 spiro atoms. The Morgan fingerprint density at radius 1 is 1.35 bits per heavy atom. The van der Waals surface area contributed by atoms with Crippen molar-refractivity contribution in [1.29, 1.82) is 0 Å². The Labute approximate surface area is 121 Å². The fourth-order valence-corrected chi connectivity index (χ4v) is 2.37. The highest BCUT2D eigenvalue weighted by Gasteiger charge is 2.21. The predicted molar refractivity (Wildman–Crippen MR) is 80.6 cm³/mol. The molecule has 20 heavy (non-hydrogen) atoms. The van der Waals surface area contributed by atoms with E-state index in [2.05, 4.69) is 41.0 Å². The second-order valence-electron chi connectivity index (χ2n) is 6.63. The Kier molecular flexibility index (Phi) is 4.94. The molecular formula is C15H26N4O. The van der Waals surface area contributed by atoms with Gasteiger partial charge >= 0.3 is 0 Å². The first-order chi connectivity index (χ1) is 9.48. The number of aliphatic hydroxyl groups excluding tert-OH is 1. The zero-order chi connectivity index (χ0) is 14.6. The van der Waals surface area contributed by atoms with Gasteiger partial charge in [0.1, 0.15) is 0 Å². The summed E-state index contributed by atoms with van der Waals surface area (Å²) >= 11 is 0. The predicted octanol–water partition coefficient (Wildman–Crippen LogP) is 1.57. The highest BCUT2D eigenvalue weighted by atomic mass is 16.3. The minimum atomic E-state index is 0.0971. The molecule has 0 radical (unpaired) electrons. The monoisotopic (exact) mass is 278 g/mol. The molecule has 2 N–H and O–H groups in total. The number of piperidine rings is 1. The number of anilines is 1. The first-order valence-corrected chi connectivity index (χ1v) is 7.40. The summed E-state index contributed by atoms with van der Waals surface area (Å²) < 4.78 is 0. The summed E-state index contributed by atoms with van der Waals surface area (Å²) in [5, 5.41) is 12.7. The van der Waals surface area contributed by atoms with Gasteiger partial charge in [0.05, 0.1) is 0 Å². The quantitative estimate of drug-likeness (QED) is 0.875. The summed E-state index contributed by atoms with van der Waals surface area (Å²) in [4.78, 5) is 11.1. The van der Waals surface area contributed by atoms with Gasteiger partial charge in [-0.1, -0.05) is 0 Å². The van der Waals surface area contributed by atoms with Crippen LogP contribution in [-0.2, 0) is 6.54 Å². The lowest BCUT2D eigenvalue weighted by Crippen LogP contribution is -2.38. The Balaban J connectivity index is 1.94. The maximum atomic E-state index is 9.27. The van der Waals surface area contributed by atoms with Gasteiger partial charge in [-0.2, -0.15) is 0 Å². The standard InChI is InChI=1S/C15H26N4O/c1-15(2,3)18-9-13-7-16-14(17-8-13)19-6-4-5-12(10-19)11-20/h7-8,12,18,20H,4-6,9-11H2,1-3H3. The maximum Gasteiger partial charge on any atom is 0.225 e. The van der Waals surface area contributed by atoms with Crippen LogP contribution in [0.4, 0.5) is 5.95 Å². The van der Waals surface area contributed by atoms with Crippen molar-refractivity contribution in [1.82, 2.24) is 15.3 Å². The lowest BCUT2D eigenvalue weighted by molar-refractivity contribution is 0.208. The summed E-state index contributed by atoms with van der Waals surface area (Å²) in [6, 6.07) is 0. The van der Waals surface area contributed by atoms with Crippen LogP contribution in [0.2, 0.25) is 0 Å².